The van der Waals surface area contributed by atoms with Crippen LogP contribution in [0.3, 0.4) is 0 Å². The van der Waals surface area contributed by atoms with Gasteiger partial charge in [0.05, 0.1) is 5.60 Å². The van der Waals surface area contributed by atoms with Crippen LogP contribution in [0.15, 0.2) is 0 Å². The largest absolute Gasteiger partial charge is 0.389 e. The maximum absolute atomic E-state index is 10.4. The average molecular weight is 225 g/mol. The van der Waals surface area contributed by atoms with Crippen LogP contribution in [0.25, 0.3) is 0 Å². The van der Waals surface area contributed by atoms with Gasteiger partial charge in [-0.05, 0) is 44.1 Å². The maximum atomic E-state index is 10.4. The van der Waals surface area contributed by atoms with Crippen LogP contribution in [0.4, 0.5) is 0 Å². The molecule has 16 heavy (non-hydrogen) atoms. The van der Waals surface area contributed by atoms with E-state index in [-0.39, 0.29) is 5.60 Å². The Balaban J connectivity index is 1.89. The second-order valence-corrected chi connectivity index (χ2v) is 6.10. The molecule has 2 nitrogen and oxygen atoms in total. The predicted octanol–water partition coefficient (Wildman–Crippen LogP) is 2.80. The van der Waals surface area contributed by atoms with Gasteiger partial charge in [-0.1, -0.05) is 26.7 Å². The molecule has 2 aliphatic rings. The molecule has 1 N–H and O–H groups in total. The molecule has 0 aromatic heterocycles. The zero-order chi connectivity index (χ0) is 11.6. The fourth-order valence-electron chi connectivity index (χ4n) is 3.60. The molecule has 1 aliphatic carbocycles. The van der Waals surface area contributed by atoms with Crippen LogP contribution in [0.5, 0.6) is 0 Å². The van der Waals surface area contributed by atoms with Crippen molar-refractivity contribution in [3.05, 3.63) is 0 Å². The van der Waals surface area contributed by atoms with E-state index in [1.165, 1.54) is 45.2 Å². The third-order valence-electron chi connectivity index (χ3n) is 5.07. The molecule has 1 aliphatic heterocycles. The molecule has 0 aromatic rings. The molecule has 0 unspecified atom stereocenters. The Labute approximate surface area is 100 Å². The van der Waals surface area contributed by atoms with E-state index in [0.717, 1.165) is 19.4 Å². The number of hydrogen-bond donors (Lipinski definition) is 1. The van der Waals surface area contributed by atoms with Crippen molar-refractivity contribution < 1.29 is 5.11 Å². The van der Waals surface area contributed by atoms with E-state index >= 15 is 0 Å². The van der Waals surface area contributed by atoms with E-state index in [1.807, 2.05) is 0 Å². The normalized spacial score (nSPS) is 28.7. The van der Waals surface area contributed by atoms with Crippen molar-refractivity contribution in [2.45, 2.75) is 64.4 Å². The van der Waals surface area contributed by atoms with Gasteiger partial charge in [0.25, 0.3) is 0 Å². The first-order valence-electron chi connectivity index (χ1n) is 7.06. The molecule has 2 heteroatoms. The highest BCUT2D eigenvalue weighted by Crippen LogP contribution is 2.39. The molecule has 0 amide bonds. The van der Waals surface area contributed by atoms with Gasteiger partial charge in [-0.3, -0.25) is 4.90 Å². The number of rotatable bonds is 4. The quantitative estimate of drug-likeness (QED) is 0.795. The van der Waals surface area contributed by atoms with Crippen molar-refractivity contribution in [2.75, 3.05) is 19.6 Å². The van der Waals surface area contributed by atoms with Gasteiger partial charge >= 0.3 is 0 Å². The van der Waals surface area contributed by atoms with Crippen LogP contribution in [0.1, 0.15) is 58.8 Å². The number of nitrogens with zero attached hydrogens (tertiary/aromatic N) is 1. The molecule has 94 valence electrons. The molecule has 2 fully saturated rings. The van der Waals surface area contributed by atoms with Gasteiger partial charge in [-0.2, -0.15) is 0 Å². The Morgan fingerprint density at radius 2 is 1.69 bits per heavy atom. The first-order chi connectivity index (χ1) is 7.61. The summed E-state index contributed by atoms with van der Waals surface area (Å²) in [5.41, 5.74) is 0.201. The van der Waals surface area contributed by atoms with Crippen molar-refractivity contribution in [3.8, 4) is 0 Å². The number of aliphatic hydroxyl groups is 1. The van der Waals surface area contributed by atoms with E-state index in [1.54, 1.807) is 0 Å². The summed E-state index contributed by atoms with van der Waals surface area (Å²) in [5.74, 6) is 0. The van der Waals surface area contributed by atoms with Gasteiger partial charge in [0.15, 0.2) is 0 Å². The molecule has 0 spiro atoms. The Hall–Kier alpha value is -0.0800. The monoisotopic (exact) mass is 225 g/mol. The van der Waals surface area contributed by atoms with Crippen LogP contribution in [-0.2, 0) is 0 Å². The van der Waals surface area contributed by atoms with Crippen LogP contribution in [-0.4, -0.2) is 35.2 Å². The smallest absolute Gasteiger partial charge is 0.0774 e. The van der Waals surface area contributed by atoms with Crippen molar-refractivity contribution in [1.29, 1.82) is 0 Å². The minimum absolute atomic E-state index is 0.350. The molecule has 0 bridgehead atoms. The lowest BCUT2D eigenvalue weighted by atomic mass is 9.82. The lowest BCUT2D eigenvalue weighted by Gasteiger charge is -2.31. The van der Waals surface area contributed by atoms with Gasteiger partial charge in [0.1, 0.15) is 0 Å². The van der Waals surface area contributed by atoms with Crippen molar-refractivity contribution in [1.82, 2.24) is 4.90 Å². The molecule has 2 rings (SSSR count). The van der Waals surface area contributed by atoms with Gasteiger partial charge in [0.2, 0.25) is 0 Å². The second-order valence-electron chi connectivity index (χ2n) is 6.10. The third kappa shape index (κ3) is 2.43. The number of β-amino-alcohol motifs (C(OH)–C–C–N with tert-alkyl or cyclic N) is 1. The zero-order valence-corrected chi connectivity index (χ0v) is 11.0. The Bertz CT molecular complexity index is 229. The maximum Gasteiger partial charge on any atom is 0.0774 e. The summed E-state index contributed by atoms with van der Waals surface area (Å²) in [6, 6.07) is 0. The summed E-state index contributed by atoms with van der Waals surface area (Å²) in [5, 5.41) is 10.4. The molecule has 0 atom stereocenters. The molecule has 0 aromatic carbocycles. The molecule has 1 saturated heterocycles. The summed E-state index contributed by atoms with van der Waals surface area (Å²) in [4.78, 5) is 2.51. The highest BCUT2D eigenvalue weighted by molar-refractivity contribution is 4.93. The Morgan fingerprint density at radius 1 is 1.06 bits per heavy atom. The molecule has 1 heterocycles. The van der Waals surface area contributed by atoms with Gasteiger partial charge in [0, 0.05) is 13.1 Å². The van der Waals surface area contributed by atoms with E-state index in [4.69, 9.17) is 0 Å². The second kappa shape index (κ2) is 4.66. The Kier molecular flexibility index (Phi) is 3.60. The fraction of sp³-hybridized carbons (Fsp3) is 1.00. The van der Waals surface area contributed by atoms with Crippen molar-refractivity contribution >= 4 is 0 Å². The van der Waals surface area contributed by atoms with E-state index < -0.39 is 0 Å². The minimum atomic E-state index is -0.350. The lowest BCUT2D eigenvalue weighted by Crippen LogP contribution is -2.40. The molecule has 0 radical (unpaired) electrons. The van der Waals surface area contributed by atoms with Gasteiger partial charge < -0.3 is 5.11 Å². The molecule has 1 saturated carbocycles. The summed E-state index contributed by atoms with van der Waals surface area (Å²) in [6.07, 6.45) is 8.39. The summed E-state index contributed by atoms with van der Waals surface area (Å²) in [7, 11) is 0. The zero-order valence-electron chi connectivity index (χ0n) is 11.0. The SMILES string of the molecule is CCC1(CC)CCN(CC2(O)CCCC2)C1. The third-order valence-corrected chi connectivity index (χ3v) is 5.07. The van der Waals surface area contributed by atoms with Crippen LogP contribution >= 0.6 is 0 Å². The fourth-order valence-corrected chi connectivity index (χ4v) is 3.60. The standard InChI is InChI=1S/C14H27NO/c1-3-13(4-2)9-10-15(11-13)12-14(16)7-5-6-8-14/h16H,3-12H2,1-2H3. The van der Waals surface area contributed by atoms with Gasteiger partial charge in [-0.25, -0.2) is 0 Å². The summed E-state index contributed by atoms with van der Waals surface area (Å²) in [6.45, 7) is 7.97. The minimum Gasteiger partial charge on any atom is -0.389 e. The predicted molar refractivity (Wildman–Crippen MR) is 67.5 cm³/mol. The van der Waals surface area contributed by atoms with Crippen LogP contribution in [0, 0.1) is 5.41 Å². The number of hydrogen-bond acceptors (Lipinski definition) is 2. The first kappa shape index (κ1) is 12.4. The van der Waals surface area contributed by atoms with Gasteiger partial charge in [-0.15, -0.1) is 0 Å². The summed E-state index contributed by atoms with van der Waals surface area (Å²) >= 11 is 0. The van der Waals surface area contributed by atoms with Crippen molar-refractivity contribution in [2.24, 2.45) is 5.41 Å². The highest BCUT2D eigenvalue weighted by Gasteiger charge is 2.39. The van der Waals surface area contributed by atoms with Crippen LogP contribution < -0.4 is 0 Å². The average Bonchev–Trinajstić information content (AvgIpc) is 2.87. The highest BCUT2D eigenvalue weighted by atomic mass is 16.3. The Morgan fingerprint density at radius 3 is 2.19 bits per heavy atom. The summed E-state index contributed by atoms with van der Waals surface area (Å²) < 4.78 is 0. The molecular weight excluding hydrogens is 198 g/mol. The molecular formula is C14H27NO. The first-order valence-corrected chi connectivity index (χ1v) is 7.06. The van der Waals surface area contributed by atoms with Crippen molar-refractivity contribution in [3.63, 3.8) is 0 Å². The van der Waals surface area contributed by atoms with E-state index in [9.17, 15) is 5.11 Å². The number of likely N-dealkylation sites (tertiary alicyclic amines) is 1. The lowest BCUT2D eigenvalue weighted by molar-refractivity contribution is 0.0125. The van der Waals surface area contributed by atoms with E-state index in [0.29, 0.717) is 5.41 Å². The van der Waals surface area contributed by atoms with Crippen LogP contribution in [0.2, 0.25) is 0 Å². The van der Waals surface area contributed by atoms with E-state index in [2.05, 4.69) is 18.7 Å². The topological polar surface area (TPSA) is 23.5 Å².